The number of hydrogen-bond acceptors (Lipinski definition) is 5. The smallest absolute Gasteiger partial charge is 0.410 e. The molecule has 202 valence electrons. The van der Waals surface area contributed by atoms with Crippen LogP contribution in [0, 0.1) is 0 Å². The van der Waals surface area contributed by atoms with Gasteiger partial charge in [0.05, 0.1) is 0 Å². The molecule has 0 bridgehead atoms. The first-order valence-corrected chi connectivity index (χ1v) is 13.0. The third-order valence-electron chi connectivity index (χ3n) is 5.38. The van der Waals surface area contributed by atoms with E-state index in [2.05, 4.69) is 10.6 Å². The second-order valence-corrected chi connectivity index (χ2v) is 9.89. The molecule has 0 unspecified atom stereocenters. The van der Waals surface area contributed by atoms with Gasteiger partial charge >= 0.3 is 12.2 Å². The largest absolute Gasteiger partial charge is 0.445 e. The molecule has 37 heavy (non-hydrogen) atoms. The van der Waals surface area contributed by atoms with Crippen LogP contribution in [0.4, 0.5) is 15.3 Å². The molecule has 2 aromatic rings. The van der Waals surface area contributed by atoms with Crippen molar-refractivity contribution in [2.24, 2.45) is 0 Å². The highest BCUT2D eigenvalue weighted by Gasteiger charge is 2.21. The van der Waals surface area contributed by atoms with Gasteiger partial charge in [0.25, 0.3) is 0 Å². The van der Waals surface area contributed by atoms with Crippen molar-refractivity contribution >= 4 is 23.8 Å². The van der Waals surface area contributed by atoms with Crippen LogP contribution in [0.5, 0.6) is 0 Å². The first-order chi connectivity index (χ1) is 17.7. The summed E-state index contributed by atoms with van der Waals surface area (Å²) in [6.45, 7) is 7.32. The first-order valence-electron chi connectivity index (χ1n) is 13.0. The fourth-order valence-electron chi connectivity index (χ4n) is 3.52. The van der Waals surface area contributed by atoms with Crippen molar-refractivity contribution in [2.45, 2.75) is 71.5 Å². The Morgan fingerprint density at radius 1 is 0.811 bits per heavy atom. The third kappa shape index (κ3) is 13.9. The van der Waals surface area contributed by atoms with Gasteiger partial charge in [-0.25, -0.2) is 9.59 Å². The fraction of sp³-hybridized carbons (Fsp3) is 0.483. The van der Waals surface area contributed by atoms with Crippen molar-refractivity contribution in [1.29, 1.82) is 0 Å². The lowest BCUT2D eigenvalue weighted by atomic mass is 10.1. The molecule has 2 aromatic carbocycles. The van der Waals surface area contributed by atoms with Crippen molar-refractivity contribution in [3.8, 4) is 0 Å². The number of benzene rings is 2. The zero-order valence-corrected chi connectivity index (χ0v) is 22.3. The molecule has 2 rings (SSSR count). The lowest BCUT2D eigenvalue weighted by Gasteiger charge is -2.27. The summed E-state index contributed by atoms with van der Waals surface area (Å²) in [5, 5.41) is 5.64. The van der Waals surface area contributed by atoms with E-state index < -0.39 is 11.7 Å². The van der Waals surface area contributed by atoms with Crippen LogP contribution in [-0.2, 0) is 20.9 Å². The van der Waals surface area contributed by atoms with E-state index >= 15 is 0 Å². The van der Waals surface area contributed by atoms with Crippen LogP contribution in [0.2, 0.25) is 0 Å². The van der Waals surface area contributed by atoms with Crippen molar-refractivity contribution in [3.63, 3.8) is 0 Å². The summed E-state index contributed by atoms with van der Waals surface area (Å²) in [6, 6.07) is 18.9. The van der Waals surface area contributed by atoms with Gasteiger partial charge in [-0.15, -0.1) is 0 Å². The van der Waals surface area contributed by atoms with E-state index in [1.165, 1.54) is 0 Å². The average molecular weight is 512 g/mol. The van der Waals surface area contributed by atoms with Gasteiger partial charge in [-0.3, -0.25) is 4.79 Å². The van der Waals surface area contributed by atoms with Crippen molar-refractivity contribution in [3.05, 3.63) is 66.2 Å². The van der Waals surface area contributed by atoms with Gasteiger partial charge in [-0.2, -0.15) is 0 Å². The Morgan fingerprint density at radius 2 is 1.43 bits per heavy atom. The Hall–Kier alpha value is -3.55. The number of alkyl carbamates (subject to hydrolysis) is 1. The van der Waals surface area contributed by atoms with Gasteiger partial charge in [0.1, 0.15) is 12.2 Å². The second kappa shape index (κ2) is 16.2. The topological polar surface area (TPSA) is 97.0 Å². The van der Waals surface area contributed by atoms with Crippen LogP contribution in [0.15, 0.2) is 60.7 Å². The minimum Gasteiger partial charge on any atom is -0.445 e. The zero-order valence-electron chi connectivity index (χ0n) is 22.3. The Bertz CT molecular complexity index is 945. The number of para-hydroxylation sites is 1. The molecule has 0 heterocycles. The van der Waals surface area contributed by atoms with Gasteiger partial charge in [-0.1, -0.05) is 55.0 Å². The molecule has 0 spiro atoms. The monoisotopic (exact) mass is 511 g/mol. The molecular formula is C29H41N3O5. The van der Waals surface area contributed by atoms with Crippen molar-refractivity contribution in [1.82, 2.24) is 10.2 Å². The lowest BCUT2D eigenvalue weighted by Crippen LogP contribution is -2.38. The van der Waals surface area contributed by atoms with E-state index in [1.807, 2.05) is 81.4 Å². The predicted molar refractivity (Wildman–Crippen MR) is 145 cm³/mol. The molecule has 8 heteroatoms. The maximum absolute atomic E-state index is 12.7. The number of nitrogens with zero attached hydrogens (tertiary/aromatic N) is 1. The van der Waals surface area contributed by atoms with Crippen LogP contribution in [0.25, 0.3) is 0 Å². The molecule has 0 fully saturated rings. The maximum Gasteiger partial charge on any atom is 0.410 e. The third-order valence-corrected chi connectivity index (χ3v) is 5.38. The van der Waals surface area contributed by atoms with Crippen LogP contribution in [-0.4, -0.2) is 48.2 Å². The summed E-state index contributed by atoms with van der Waals surface area (Å²) in [4.78, 5) is 38.4. The predicted octanol–water partition coefficient (Wildman–Crippen LogP) is 6.13. The zero-order chi connectivity index (χ0) is 26.9. The molecule has 0 radical (unpaired) electrons. The van der Waals surface area contributed by atoms with Crippen molar-refractivity contribution < 1.29 is 23.9 Å². The van der Waals surface area contributed by atoms with Gasteiger partial charge < -0.3 is 25.0 Å². The standard InChI is InChI=1S/C29H41N3O5/c1-29(2,3)37-28(35)32(21-13-6-11-19-26(33)31-25-17-9-5-10-18-25)22-14-12-20-30-27(34)36-23-24-15-7-4-8-16-24/h4-5,7-10,15-18H,6,11-14,19-23H2,1-3H3,(H,30,34)(H,31,33). The van der Waals surface area contributed by atoms with E-state index in [1.54, 1.807) is 4.90 Å². The summed E-state index contributed by atoms with van der Waals surface area (Å²) in [5.41, 5.74) is 1.15. The highest BCUT2D eigenvalue weighted by Crippen LogP contribution is 2.13. The minimum atomic E-state index is -0.574. The molecule has 0 aromatic heterocycles. The Morgan fingerprint density at radius 3 is 2.08 bits per heavy atom. The molecule has 0 saturated heterocycles. The van der Waals surface area contributed by atoms with Crippen LogP contribution in [0.3, 0.4) is 0 Å². The summed E-state index contributed by atoms with van der Waals surface area (Å²) < 4.78 is 10.8. The summed E-state index contributed by atoms with van der Waals surface area (Å²) >= 11 is 0. The van der Waals surface area contributed by atoms with Gasteiger partial charge in [0.15, 0.2) is 0 Å². The Kier molecular flexibility index (Phi) is 13.0. The number of anilines is 1. The van der Waals surface area contributed by atoms with E-state index in [-0.39, 0.29) is 18.6 Å². The number of nitrogens with one attached hydrogen (secondary N) is 2. The molecule has 8 nitrogen and oxygen atoms in total. The highest BCUT2D eigenvalue weighted by atomic mass is 16.6. The first kappa shape index (κ1) is 29.7. The quantitative estimate of drug-likeness (QED) is 0.298. The number of carbonyl (C=O) groups is 3. The summed E-state index contributed by atoms with van der Waals surface area (Å²) in [5.74, 6) is -0.00927. The van der Waals surface area contributed by atoms with Gasteiger partial charge in [0, 0.05) is 31.7 Å². The number of unbranched alkanes of at least 4 members (excludes halogenated alkanes) is 3. The summed E-state index contributed by atoms with van der Waals surface area (Å²) in [7, 11) is 0. The van der Waals surface area contributed by atoms with Crippen LogP contribution >= 0.6 is 0 Å². The van der Waals surface area contributed by atoms with E-state index in [4.69, 9.17) is 9.47 Å². The lowest BCUT2D eigenvalue weighted by molar-refractivity contribution is -0.116. The number of hydrogen-bond donors (Lipinski definition) is 2. The number of carbonyl (C=O) groups excluding carboxylic acids is 3. The fourth-order valence-corrected chi connectivity index (χ4v) is 3.52. The Balaban J connectivity index is 1.65. The molecule has 2 N–H and O–H groups in total. The van der Waals surface area contributed by atoms with E-state index in [0.717, 1.165) is 36.9 Å². The molecule has 3 amide bonds. The number of rotatable bonds is 14. The normalized spacial score (nSPS) is 10.9. The van der Waals surface area contributed by atoms with Crippen LogP contribution in [0.1, 0.15) is 64.9 Å². The van der Waals surface area contributed by atoms with E-state index in [9.17, 15) is 14.4 Å². The van der Waals surface area contributed by atoms with Crippen LogP contribution < -0.4 is 10.6 Å². The SMILES string of the molecule is CC(C)(C)OC(=O)N(CCCCCC(=O)Nc1ccccc1)CCCCNC(=O)OCc1ccccc1. The number of amides is 3. The van der Waals surface area contributed by atoms with Gasteiger partial charge in [-0.05, 0) is 64.2 Å². The van der Waals surface area contributed by atoms with Crippen molar-refractivity contribution in [2.75, 3.05) is 25.0 Å². The number of ether oxygens (including phenoxy) is 2. The molecule has 0 saturated carbocycles. The van der Waals surface area contributed by atoms with E-state index in [0.29, 0.717) is 32.5 Å². The molecule has 0 aliphatic carbocycles. The molecule has 0 atom stereocenters. The Labute approximate surface area is 220 Å². The molecule has 0 aliphatic heterocycles. The average Bonchev–Trinajstić information content (AvgIpc) is 2.86. The minimum absolute atomic E-state index is 0.00927. The molecule has 0 aliphatic rings. The second-order valence-electron chi connectivity index (χ2n) is 9.89. The van der Waals surface area contributed by atoms with Gasteiger partial charge in [0.2, 0.25) is 5.91 Å². The summed E-state index contributed by atoms with van der Waals surface area (Å²) in [6.07, 6.45) is 3.42. The maximum atomic E-state index is 12.7. The molecular weight excluding hydrogens is 470 g/mol. The highest BCUT2D eigenvalue weighted by molar-refractivity contribution is 5.90.